The maximum atomic E-state index is 12.0. The summed E-state index contributed by atoms with van der Waals surface area (Å²) in [7, 11) is 0. The molecule has 18 heavy (non-hydrogen) atoms. The monoisotopic (exact) mass is 255 g/mol. The van der Waals surface area contributed by atoms with Crippen molar-refractivity contribution in [3.63, 3.8) is 0 Å². The molecule has 1 N–H and O–H groups in total. The van der Waals surface area contributed by atoms with Crippen molar-refractivity contribution in [2.45, 2.75) is 0 Å². The van der Waals surface area contributed by atoms with E-state index >= 15 is 0 Å². The Bertz CT molecular complexity index is 689. The van der Waals surface area contributed by atoms with Crippen LogP contribution < -0.4 is 5.32 Å². The molecule has 0 fully saturated rings. The van der Waals surface area contributed by atoms with Crippen LogP contribution >= 0.6 is 11.3 Å². The van der Waals surface area contributed by atoms with E-state index < -0.39 is 0 Å². The minimum Gasteiger partial charge on any atom is -0.319 e. The highest BCUT2D eigenvalue weighted by atomic mass is 32.1. The molecule has 0 unspecified atom stereocenters. The number of carbonyl (C=O) groups excluding carboxylic acids is 1. The standard InChI is InChI=1S/C13H9N3OS/c17-13(11-7-14-8-18-11)16-10-5-1-3-9-4-2-6-15-12(9)10/h1-8H,(H,16,17). The Kier molecular flexibility index (Phi) is 2.74. The van der Waals surface area contributed by atoms with Gasteiger partial charge in [0.05, 0.1) is 22.9 Å². The van der Waals surface area contributed by atoms with Gasteiger partial charge in [0.15, 0.2) is 0 Å². The fraction of sp³-hybridized carbons (Fsp3) is 0. The third-order valence-corrected chi connectivity index (χ3v) is 3.31. The molecule has 0 bridgehead atoms. The smallest absolute Gasteiger partial charge is 0.267 e. The summed E-state index contributed by atoms with van der Waals surface area (Å²) in [5.74, 6) is -0.157. The highest BCUT2D eigenvalue weighted by Crippen LogP contribution is 2.21. The molecule has 0 radical (unpaired) electrons. The number of para-hydroxylation sites is 1. The number of pyridine rings is 1. The predicted molar refractivity (Wildman–Crippen MR) is 71.8 cm³/mol. The maximum Gasteiger partial charge on any atom is 0.267 e. The first-order valence-electron chi connectivity index (χ1n) is 5.38. The Morgan fingerprint density at radius 2 is 2.11 bits per heavy atom. The normalized spacial score (nSPS) is 10.4. The van der Waals surface area contributed by atoms with E-state index in [9.17, 15) is 4.79 Å². The molecule has 0 aliphatic rings. The largest absolute Gasteiger partial charge is 0.319 e. The van der Waals surface area contributed by atoms with Crippen LogP contribution in [0, 0.1) is 0 Å². The quantitative estimate of drug-likeness (QED) is 0.766. The van der Waals surface area contributed by atoms with E-state index in [-0.39, 0.29) is 5.91 Å². The molecule has 0 saturated heterocycles. The third kappa shape index (κ3) is 1.96. The third-order valence-electron chi connectivity index (χ3n) is 2.54. The number of thiazole rings is 1. The highest BCUT2D eigenvalue weighted by Gasteiger charge is 2.09. The second-order valence-electron chi connectivity index (χ2n) is 3.70. The molecular weight excluding hydrogens is 246 g/mol. The second kappa shape index (κ2) is 4.54. The molecular formula is C13H9N3OS. The molecule has 0 spiro atoms. The van der Waals surface area contributed by atoms with E-state index in [4.69, 9.17) is 0 Å². The van der Waals surface area contributed by atoms with Gasteiger partial charge in [-0.2, -0.15) is 0 Å². The van der Waals surface area contributed by atoms with Gasteiger partial charge in [0.2, 0.25) is 0 Å². The summed E-state index contributed by atoms with van der Waals surface area (Å²) >= 11 is 1.31. The molecule has 2 aromatic heterocycles. The fourth-order valence-electron chi connectivity index (χ4n) is 1.72. The molecule has 0 aliphatic carbocycles. The van der Waals surface area contributed by atoms with Gasteiger partial charge in [0.1, 0.15) is 4.88 Å². The van der Waals surface area contributed by atoms with E-state index in [1.807, 2.05) is 30.3 Å². The van der Waals surface area contributed by atoms with Crippen molar-refractivity contribution in [3.8, 4) is 0 Å². The Morgan fingerprint density at radius 1 is 1.22 bits per heavy atom. The van der Waals surface area contributed by atoms with E-state index in [1.165, 1.54) is 11.3 Å². The molecule has 0 aliphatic heterocycles. The number of hydrogen-bond acceptors (Lipinski definition) is 4. The van der Waals surface area contributed by atoms with Crippen LogP contribution in [0.2, 0.25) is 0 Å². The number of aromatic nitrogens is 2. The van der Waals surface area contributed by atoms with Gasteiger partial charge in [0, 0.05) is 11.6 Å². The molecule has 4 nitrogen and oxygen atoms in total. The van der Waals surface area contributed by atoms with E-state index in [0.717, 1.165) is 10.9 Å². The van der Waals surface area contributed by atoms with Gasteiger partial charge in [-0.1, -0.05) is 18.2 Å². The van der Waals surface area contributed by atoms with E-state index in [2.05, 4.69) is 15.3 Å². The summed E-state index contributed by atoms with van der Waals surface area (Å²) in [5, 5.41) is 3.86. The lowest BCUT2D eigenvalue weighted by atomic mass is 10.2. The summed E-state index contributed by atoms with van der Waals surface area (Å²) < 4.78 is 0. The summed E-state index contributed by atoms with van der Waals surface area (Å²) in [4.78, 5) is 20.7. The van der Waals surface area contributed by atoms with Gasteiger partial charge in [-0.05, 0) is 12.1 Å². The van der Waals surface area contributed by atoms with E-state index in [0.29, 0.717) is 10.6 Å². The lowest BCUT2D eigenvalue weighted by Crippen LogP contribution is -2.10. The van der Waals surface area contributed by atoms with Crippen LogP contribution in [0.5, 0.6) is 0 Å². The molecule has 1 aromatic carbocycles. The number of amides is 1. The van der Waals surface area contributed by atoms with Crippen molar-refractivity contribution < 1.29 is 4.79 Å². The minimum absolute atomic E-state index is 0.157. The van der Waals surface area contributed by atoms with Crippen LogP contribution in [0.25, 0.3) is 10.9 Å². The van der Waals surface area contributed by atoms with Crippen molar-refractivity contribution in [3.05, 3.63) is 53.1 Å². The molecule has 2 heterocycles. The molecule has 0 saturated carbocycles. The van der Waals surface area contributed by atoms with Crippen LogP contribution in [0.3, 0.4) is 0 Å². The average Bonchev–Trinajstić information content (AvgIpc) is 2.93. The second-order valence-corrected chi connectivity index (χ2v) is 4.59. The van der Waals surface area contributed by atoms with Crippen LogP contribution in [0.4, 0.5) is 5.69 Å². The van der Waals surface area contributed by atoms with Gasteiger partial charge in [-0.15, -0.1) is 11.3 Å². The Balaban J connectivity index is 1.98. The number of rotatable bonds is 2. The predicted octanol–water partition coefficient (Wildman–Crippen LogP) is 2.94. The lowest BCUT2D eigenvalue weighted by molar-refractivity contribution is 0.103. The van der Waals surface area contributed by atoms with Crippen molar-refractivity contribution in [1.29, 1.82) is 0 Å². The molecule has 1 amide bonds. The first-order chi connectivity index (χ1) is 8.84. The summed E-state index contributed by atoms with van der Waals surface area (Å²) in [6, 6.07) is 9.53. The highest BCUT2D eigenvalue weighted by molar-refractivity contribution is 7.11. The molecule has 88 valence electrons. The number of fused-ring (bicyclic) bond motifs is 1. The number of nitrogens with zero attached hydrogens (tertiary/aromatic N) is 2. The lowest BCUT2D eigenvalue weighted by Gasteiger charge is -2.06. The van der Waals surface area contributed by atoms with Gasteiger partial charge >= 0.3 is 0 Å². The zero-order valence-electron chi connectivity index (χ0n) is 9.33. The van der Waals surface area contributed by atoms with Gasteiger partial charge in [-0.25, -0.2) is 0 Å². The van der Waals surface area contributed by atoms with E-state index in [1.54, 1.807) is 17.9 Å². The van der Waals surface area contributed by atoms with Gasteiger partial charge in [0.25, 0.3) is 5.91 Å². The van der Waals surface area contributed by atoms with Crippen LogP contribution in [0.15, 0.2) is 48.2 Å². The van der Waals surface area contributed by atoms with Crippen LogP contribution in [-0.2, 0) is 0 Å². The average molecular weight is 255 g/mol. The number of nitrogens with one attached hydrogen (secondary N) is 1. The van der Waals surface area contributed by atoms with Crippen molar-refractivity contribution >= 4 is 33.8 Å². The summed E-state index contributed by atoms with van der Waals surface area (Å²) in [6.07, 6.45) is 3.27. The van der Waals surface area contributed by atoms with Gasteiger partial charge in [-0.3, -0.25) is 14.8 Å². The SMILES string of the molecule is O=C(Nc1cccc2cccnc12)c1cncs1. The topological polar surface area (TPSA) is 54.9 Å². The van der Waals surface area contributed by atoms with Crippen LogP contribution in [0.1, 0.15) is 9.67 Å². The molecule has 3 aromatic rings. The van der Waals surface area contributed by atoms with Crippen molar-refractivity contribution in [2.24, 2.45) is 0 Å². The summed E-state index contributed by atoms with van der Waals surface area (Å²) in [5.41, 5.74) is 3.14. The maximum absolute atomic E-state index is 12.0. The van der Waals surface area contributed by atoms with Crippen LogP contribution in [-0.4, -0.2) is 15.9 Å². The zero-order valence-corrected chi connectivity index (χ0v) is 10.1. The number of carbonyl (C=O) groups is 1. The van der Waals surface area contributed by atoms with Crippen molar-refractivity contribution in [2.75, 3.05) is 5.32 Å². The Hall–Kier alpha value is -2.27. The zero-order chi connectivity index (χ0) is 12.4. The first kappa shape index (κ1) is 10.9. The van der Waals surface area contributed by atoms with Crippen molar-refractivity contribution in [1.82, 2.24) is 9.97 Å². The number of benzene rings is 1. The molecule has 5 heteroatoms. The fourth-order valence-corrected chi connectivity index (χ4v) is 2.23. The molecule has 0 atom stereocenters. The Labute approximate surface area is 107 Å². The number of anilines is 1. The van der Waals surface area contributed by atoms with Gasteiger partial charge < -0.3 is 5.32 Å². The summed E-state index contributed by atoms with van der Waals surface area (Å²) in [6.45, 7) is 0. The Morgan fingerprint density at radius 3 is 2.94 bits per heavy atom. The minimum atomic E-state index is -0.157. The molecule has 3 rings (SSSR count). The first-order valence-corrected chi connectivity index (χ1v) is 6.26. The number of hydrogen-bond donors (Lipinski definition) is 1.